The quantitative estimate of drug-likeness (QED) is 0.317. The van der Waals surface area contributed by atoms with Crippen LogP contribution in [0, 0.1) is 0 Å². The second kappa shape index (κ2) is 6.62. The van der Waals surface area contributed by atoms with Gasteiger partial charge in [0.1, 0.15) is 0 Å². The molecule has 1 saturated heterocycles. The van der Waals surface area contributed by atoms with Gasteiger partial charge in [-0.25, -0.2) is 0 Å². The molecule has 0 spiro atoms. The predicted octanol–water partition coefficient (Wildman–Crippen LogP) is 5.74. The number of carbonyl (C=O) groups excluding carboxylic acids is 1. The summed E-state index contributed by atoms with van der Waals surface area (Å²) in [5, 5.41) is 2.45. The van der Waals surface area contributed by atoms with E-state index in [2.05, 4.69) is 54.1 Å². The highest BCUT2D eigenvalue weighted by Gasteiger charge is 2.33. The van der Waals surface area contributed by atoms with Gasteiger partial charge in [0.2, 0.25) is 0 Å². The van der Waals surface area contributed by atoms with Crippen molar-refractivity contribution < 1.29 is 4.79 Å². The van der Waals surface area contributed by atoms with Gasteiger partial charge in [-0.3, -0.25) is 9.69 Å². The molecule has 1 aliphatic heterocycles. The van der Waals surface area contributed by atoms with Crippen molar-refractivity contribution in [1.29, 1.82) is 0 Å². The van der Waals surface area contributed by atoms with E-state index in [9.17, 15) is 4.79 Å². The molecular formula is C23H16N2OS2. The number of rotatable bonds is 2. The molecule has 1 aliphatic rings. The first-order chi connectivity index (χ1) is 13.6. The first-order valence-corrected chi connectivity index (χ1v) is 10.2. The smallest absolute Gasteiger partial charge is 0.270 e. The molecule has 3 nitrogen and oxygen atoms in total. The zero-order valence-corrected chi connectivity index (χ0v) is 16.8. The van der Waals surface area contributed by atoms with Gasteiger partial charge in [-0.1, -0.05) is 72.5 Å². The van der Waals surface area contributed by atoms with Crippen LogP contribution < -0.4 is 4.90 Å². The van der Waals surface area contributed by atoms with Crippen LogP contribution in [-0.4, -0.2) is 14.8 Å². The molecule has 136 valence electrons. The van der Waals surface area contributed by atoms with E-state index in [0.717, 1.165) is 16.8 Å². The molecule has 0 saturated carbocycles. The van der Waals surface area contributed by atoms with Gasteiger partial charge in [0.15, 0.2) is 4.32 Å². The molecule has 0 N–H and O–H groups in total. The lowest BCUT2D eigenvalue weighted by atomic mass is 10.1. The molecule has 5 heteroatoms. The summed E-state index contributed by atoms with van der Waals surface area (Å²) in [4.78, 5) is 15.2. The molecule has 4 aromatic rings. The highest BCUT2D eigenvalue weighted by Crippen LogP contribution is 2.36. The monoisotopic (exact) mass is 400 g/mol. The Kier molecular flexibility index (Phi) is 4.07. The summed E-state index contributed by atoms with van der Waals surface area (Å²) in [5.74, 6) is -0.0710. The number of hydrogen-bond acceptors (Lipinski definition) is 3. The van der Waals surface area contributed by atoms with Gasteiger partial charge in [0, 0.05) is 28.9 Å². The van der Waals surface area contributed by atoms with E-state index < -0.39 is 0 Å². The van der Waals surface area contributed by atoms with Crippen molar-refractivity contribution >= 4 is 67.8 Å². The number of thiocarbonyl (C=S) groups is 1. The normalized spacial score (nSPS) is 16.0. The van der Waals surface area contributed by atoms with Gasteiger partial charge in [0.05, 0.1) is 10.6 Å². The molecule has 0 unspecified atom stereocenters. The fourth-order valence-electron chi connectivity index (χ4n) is 3.69. The third-order valence-electron chi connectivity index (χ3n) is 5.04. The van der Waals surface area contributed by atoms with Crippen LogP contribution in [0.3, 0.4) is 0 Å². The van der Waals surface area contributed by atoms with Gasteiger partial charge in [-0.05, 0) is 35.9 Å². The SMILES string of the molecule is Cn1c2ccccc2c2ccc(C=C3SC(=S)N(c4ccccc4)C3=O)cc21. The molecule has 0 bridgehead atoms. The lowest BCUT2D eigenvalue weighted by Gasteiger charge is -2.13. The minimum absolute atomic E-state index is 0.0710. The van der Waals surface area contributed by atoms with Crippen LogP contribution >= 0.6 is 24.0 Å². The Balaban J connectivity index is 1.57. The zero-order chi connectivity index (χ0) is 19.3. The average Bonchev–Trinajstić information content (AvgIpc) is 3.16. The number of carbonyl (C=O) groups is 1. The number of fused-ring (bicyclic) bond motifs is 3. The minimum atomic E-state index is -0.0710. The second-order valence-electron chi connectivity index (χ2n) is 6.71. The lowest BCUT2D eigenvalue weighted by molar-refractivity contribution is -0.113. The van der Waals surface area contributed by atoms with Gasteiger partial charge >= 0.3 is 0 Å². The summed E-state index contributed by atoms with van der Waals surface area (Å²) >= 11 is 6.81. The van der Waals surface area contributed by atoms with E-state index in [-0.39, 0.29) is 5.91 Å². The lowest BCUT2D eigenvalue weighted by Crippen LogP contribution is -2.27. The molecule has 0 aliphatic carbocycles. The van der Waals surface area contributed by atoms with Crippen molar-refractivity contribution in [3.63, 3.8) is 0 Å². The van der Waals surface area contributed by atoms with Crippen LogP contribution in [0.15, 0.2) is 77.7 Å². The third-order valence-corrected chi connectivity index (χ3v) is 6.35. The molecule has 0 atom stereocenters. The maximum Gasteiger partial charge on any atom is 0.270 e. The molecule has 3 aromatic carbocycles. The Morgan fingerprint density at radius 3 is 2.43 bits per heavy atom. The van der Waals surface area contributed by atoms with Crippen LogP contribution in [0.2, 0.25) is 0 Å². The Labute approximate surface area is 172 Å². The highest BCUT2D eigenvalue weighted by molar-refractivity contribution is 8.27. The largest absolute Gasteiger partial charge is 0.344 e. The Hall–Kier alpha value is -2.89. The first kappa shape index (κ1) is 17.2. The minimum Gasteiger partial charge on any atom is -0.344 e. The summed E-state index contributed by atoms with van der Waals surface area (Å²) in [5.41, 5.74) is 4.14. The number of thioether (sulfide) groups is 1. The van der Waals surface area contributed by atoms with Crippen molar-refractivity contribution in [2.45, 2.75) is 0 Å². The number of anilines is 1. The van der Waals surface area contributed by atoms with E-state index >= 15 is 0 Å². The zero-order valence-electron chi connectivity index (χ0n) is 15.1. The number of hydrogen-bond donors (Lipinski definition) is 0. The maximum atomic E-state index is 12.9. The number of nitrogens with zero attached hydrogens (tertiary/aromatic N) is 2. The van der Waals surface area contributed by atoms with Crippen molar-refractivity contribution in [1.82, 2.24) is 4.57 Å². The topological polar surface area (TPSA) is 25.2 Å². The molecule has 1 amide bonds. The second-order valence-corrected chi connectivity index (χ2v) is 8.38. The maximum absolute atomic E-state index is 12.9. The molecule has 0 radical (unpaired) electrons. The Bertz CT molecular complexity index is 1290. The number of benzene rings is 3. The van der Waals surface area contributed by atoms with Crippen molar-refractivity contribution in [3.05, 3.63) is 83.3 Å². The number of para-hydroxylation sites is 2. The summed E-state index contributed by atoms with van der Waals surface area (Å²) in [7, 11) is 2.07. The van der Waals surface area contributed by atoms with Crippen LogP contribution in [0.5, 0.6) is 0 Å². The van der Waals surface area contributed by atoms with Crippen LogP contribution in [0.1, 0.15) is 5.56 Å². The summed E-state index contributed by atoms with van der Waals surface area (Å²) < 4.78 is 2.75. The fraction of sp³-hybridized carbons (Fsp3) is 0.0435. The van der Waals surface area contributed by atoms with Gasteiger partial charge in [-0.15, -0.1) is 0 Å². The van der Waals surface area contributed by atoms with E-state index in [0.29, 0.717) is 9.23 Å². The fourth-order valence-corrected chi connectivity index (χ4v) is 4.99. The average molecular weight is 401 g/mol. The van der Waals surface area contributed by atoms with Crippen molar-refractivity contribution in [2.75, 3.05) is 4.90 Å². The highest BCUT2D eigenvalue weighted by atomic mass is 32.2. The van der Waals surface area contributed by atoms with E-state index in [1.807, 2.05) is 36.4 Å². The Morgan fingerprint density at radius 1 is 0.893 bits per heavy atom. The van der Waals surface area contributed by atoms with E-state index in [4.69, 9.17) is 12.2 Å². The van der Waals surface area contributed by atoms with Crippen LogP contribution in [-0.2, 0) is 11.8 Å². The molecule has 28 heavy (non-hydrogen) atoms. The number of amides is 1. The predicted molar refractivity (Wildman–Crippen MR) is 123 cm³/mol. The van der Waals surface area contributed by atoms with E-state index in [1.165, 1.54) is 28.1 Å². The van der Waals surface area contributed by atoms with E-state index in [1.54, 1.807) is 4.90 Å². The summed E-state index contributed by atoms with van der Waals surface area (Å²) in [6.07, 6.45) is 1.93. The van der Waals surface area contributed by atoms with Crippen LogP contribution in [0.25, 0.3) is 27.9 Å². The third kappa shape index (κ3) is 2.66. The van der Waals surface area contributed by atoms with Gasteiger partial charge < -0.3 is 4.57 Å². The molecule has 1 fully saturated rings. The summed E-state index contributed by atoms with van der Waals surface area (Å²) in [6, 6.07) is 24.2. The standard InChI is InChI=1S/C23H16N2OS2/c1-24-19-10-6-5-9-17(19)18-12-11-15(13-20(18)24)14-21-22(26)25(23(27)28-21)16-7-3-2-4-8-16/h2-14H,1H3. The molecule has 2 heterocycles. The number of aromatic nitrogens is 1. The van der Waals surface area contributed by atoms with Crippen molar-refractivity contribution in [2.24, 2.45) is 7.05 Å². The summed E-state index contributed by atoms with van der Waals surface area (Å²) in [6.45, 7) is 0. The molecule has 1 aromatic heterocycles. The Morgan fingerprint density at radius 2 is 1.61 bits per heavy atom. The van der Waals surface area contributed by atoms with Gasteiger partial charge in [0.25, 0.3) is 5.91 Å². The molecular weight excluding hydrogens is 384 g/mol. The molecule has 5 rings (SSSR count). The van der Waals surface area contributed by atoms with Gasteiger partial charge in [-0.2, -0.15) is 0 Å². The number of aryl methyl sites for hydroxylation is 1. The van der Waals surface area contributed by atoms with Crippen LogP contribution in [0.4, 0.5) is 5.69 Å². The first-order valence-electron chi connectivity index (χ1n) is 8.94. The van der Waals surface area contributed by atoms with Crippen molar-refractivity contribution in [3.8, 4) is 0 Å².